The Hall–Kier alpha value is 0.544. The zero-order valence-electron chi connectivity index (χ0n) is 6.80. The van der Waals surface area contributed by atoms with Crippen LogP contribution < -0.4 is 0 Å². The van der Waals surface area contributed by atoms with Gasteiger partial charge in [0.2, 0.25) is 0 Å². The van der Waals surface area contributed by atoms with Gasteiger partial charge in [0, 0.05) is 18.6 Å². The minimum Gasteiger partial charge on any atom is -0.393 e. The van der Waals surface area contributed by atoms with Crippen molar-refractivity contribution in [2.75, 3.05) is 0 Å². The minimum absolute atomic E-state index is 0. The van der Waals surface area contributed by atoms with Gasteiger partial charge in [-0.2, -0.15) is 0 Å². The predicted octanol–water partition coefficient (Wildman–Crippen LogP) is 1.95. The van der Waals surface area contributed by atoms with Gasteiger partial charge in [-0.3, -0.25) is 0 Å². The summed E-state index contributed by atoms with van der Waals surface area (Å²) >= 11 is 0. The summed E-state index contributed by atoms with van der Waals surface area (Å²) in [6.45, 7) is 4.55. The van der Waals surface area contributed by atoms with Crippen LogP contribution in [0.1, 0.15) is 39.5 Å². The largest absolute Gasteiger partial charge is 0.393 e. The molecule has 0 atom stereocenters. The molecular formula is C8H16OV. The first-order chi connectivity index (χ1) is 4.10. The maximum atomic E-state index is 9.14. The average Bonchev–Trinajstić information content (AvgIpc) is 1.78. The fraction of sp³-hybridized carbons (Fsp3) is 1.00. The first-order valence-corrected chi connectivity index (χ1v) is 3.78. The zero-order chi connectivity index (χ0) is 6.91. The second-order valence-electron chi connectivity index (χ2n) is 3.90. The van der Waals surface area contributed by atoms with Crippen molar-refractivity contribution >= 4 is 0 Å². The van der Waals surface area contributed by atoms with Crippen LogP contribution in [-0.4, -0.2) is 11.2 Å². The molecule has 59 valence electrons. The Kier molecular flexibility index (Phi) is 4.01. The van der Waals surface area contributed by atoms with Crippen LogP contribution in [0.4, 0.5) is 0 Å². The van der Waals surface area contributed by atoms with Crippen LogP contribution in [0.25, 0.3) is 0 Å². The molecular weight excluding hydrogens is 163 g/mol. The van der Waals surface area contributed by atoms with Gasteiger partial charge in [0.1, 0.15) is 0 Å². The van der Waals surface area contributed by atoms with Gasteiger partial charge in [-0.1, -0.05) is 13.8 Å². The molecule has 1 fully saturated rings. The molecule has 1 rings (SSSR count). The molecule has 0 aromatic heterocycles. The van der Waals surface area contributed by atoms with E-state index in [1.165, 1.54) is 12.8 Å². The first kappa shape index (κ1) is 10.5. The molecule has 1 nitrogen and oxygen atoms in total. The molecule has 1 radical (unpaired) electrons. The van der Waals surface area contributed by atoms with Crippen molar-refractivity contribution in [1.29, 1.82) is 0 Å². The van der Waals surface area contributed by atoms with E-state index in [2.05, 4.69) is 13.8 Å². The molecule has 0 aliphatic heterocycles. The van der Waals surface area contributed by atoms with E-state index in [-0.39, 0.29) is 24.7 Å². The summed E-state index contributed by atoms with van der Waals surface area (Å²) in [6, 6.07) is 0. The van der Waals surface area contributed by atoms with Crippen LogP contribution in [0.2, 0.25) is 0 Å². The molecule has 0 heterocycles. The number of aliphatic hydroxyl groups excluding tert-OH is 1. The van der Waals surface area contributed by atoms with Gasteiger partial charge < -0.3 is 5.11 Å². The van der Waals surface area contributed by atoms with Crippen LogP contribution in [0.5, 0.6) is 0 Å². The Labute approximate surface area is 75.1 Å². The Bertz CT molecular complexity index is 91.4. The van der Waals surface area contributed by atoms with Gasteiger partial charge in [0.25, 0.3) is 0 Å². The number of aliphatic hydroxyl groups is 1. The summed E-state index contributed by atoms with van der Waals surface area (Å²) in [5.41, 5.74) is 0.499. The third-order valence-corrected chi connectivity index (χ3v) is 2.31. The first-order valence-electron chi connectivity index (χ1n) is 3.78. The van der Waals surface area contributed by atoms with Gasteiger partial charge in [0.15, 0.2) is 0 Å². The molecule has 0 spiro atoms. The quantitative estimate of drug-likeness (QED) is 0.602. The van der Waals surface area contributed by atoms with E-state index in [1.807, 2.05) is 0 Å². The second kappa shape index (κ2) is 3.80. The van der Waals surface area contributed by atoms with Crippen molar-refractivity contribution in [3.8, 4) is 0 Å². The van der Waals surface area contributed by atoms with E-state index in [1.54, 1.807) is 0 Å². The monoisotopic (exact) mass is 179 g/mol. The maximum absolute atomic E-state index is 9.14. The van der Waals surface area contributed by atoms with Crippen LogP contribution in [0.15, 0.2) is 0 Å². The summed E-state index contributed by atoms with van der Waals surface area (Å²) in [5, 5.41) is 9.14. The SMILES string of the molecule is CC1(C)CCC(O)CC1.[V]. The van der Waals surface area contributed by atoms with Crippen LogP contribution in [0.3, 0.4) is 0 Å². The molecule has 0 amide bonds. The third-order valence-electron chi connectivity index (χ3n) is 2.31. The molecule has 0 aromatic carbocycles. The van der Waals surface area contributed by atoms with Crippen molar-refractivity contribution in [3.63, 3.8) is 0 Å². The van der Waals surface area contributed by atoms with E-state index < -0.39 is 0 Å². The Balaban J connectivity index is 0.000000810. The topological polar surface area (TPSA) is 20.2 Å². The minimum atomic E-state index is -0.00183. The zero-order valence-corrected chi connectivity index (χ0v) is 8.20. The Morgan fingerprint density at radius 2 is 1.60 bits per heavy atom. The van der Waals surface area contributed by atoms with Crippen LogP contribution in [0, 0.1) is 5.41 Å². The van der Waals surface area contributed by atoms with Crippen molar-refractivity contribution in [2.24, 2.45) is 5.41 Å². The number of rotatable bonds is 0. The third kappa shape index (κ3) is 3.09. The van der Waals surface area contributed by atoms with E-state index in [4.69, 9.17) is 5.11 Å². The van der Waals surface area contributed by atoms with Crippen molar-refractivity contribution in [3.05, 3.63) is 0 Å². The van der Waals surface area contributed by atoms with E-state index in [0.29, 0.717) is 5.41 Å². The molecule has 0 saturated heterocycles. The standard InChI is InChI=1S/C8H16O.V/c1-8(2)5-3-7(9)4-6-8;/h7,9H,3-6H2,1-2H3;. The molecule has 1 aliphatic rings. The Morgan fingerprint density at radius 1 is 1.20 bits per heavy atom. The average molecular weight is 179 g/mol. The molecule has 10 heavy (non-hydrogen) atoms. The summed E-state index contributed by atoms with van der Waals surface area (Å²) in [4.78, 5) is 0. The normalized spacial score (nSPS) is 25.5. The van der Waals surface area contributed by atoms with Gasteiger partial charge in [-0.05, 0) is 31.1 Å². The fourth-order valence-corrected chi connectivity index (χ4v) is 1.38. The molecule has 0 bridgehead atoms. The summed E-state index contributed by atoms with van der Waals surface area (Å²) in [6.07, 6.45) is 4.39. The summed E-state index contributed by atoms with van der Waals surface area (Å²) in [7, 11) is 0. The van der Waals surface area contributed by atoms with Crippen molar-refractivity contribution in [1.82, 2.24) is 0 Å². The van der Waals surface area contributed by atoms with Gasteiger partial charge in [0.05, 0.1) is 6.10 Å². The van der Waals surface area contributed by atoms with E-state index >= 15 is 0 Å². The maximum Gasteiger partial charge on any atom is 0.0540 e. The molecule has 1 aliphatic carbocycles. The number of hydrogen-bond donors (Lipinski definition) is 1. The van der Waals surface area contributed by atoms with Crippen LogP contribution >= 0.6 is 0 Å². The second-order valence-corrected chi connectivity index (χ2v) is 3.90. The molecule has 2 heteroatoms. The van der Waals surface area contributed by atoms with Crippen molar-refractivity contribution in [2.45, 2.75) is 45.6 Å². The molecule has 0 aromatic rings. The van der Waals surface area contributed by atoms with E-state index in [0.717, 1.165) is 12.8 Å². The summed E-state index contributed by atoms with van der Waals surface area (Å²) < 4.78 is 0. The van der Waals surface area contributed by atoms with Gasteiger partial charge in [-0.15, -0.1) is 0 Å². The van der Waals surface area contributed by atoms with Crippen molar-refractivity contribution < 1.29 is 23.7 Å². The van der Waals surface area contributed by atoms with Crippen LogP contribution in [-0.2, 0) is 18.6 Å². The predicted molar refractivity (Wildman–Crippen MR) is 38.3 cm³/mol. The van der Waals surface area contributed by atoms with Gasteiger partial charge >= 0.3 is 0 Å². The fourth-order valence-electron chi connectivity index (χ4n) is 1.38. The summed E-state index contributed by atoms with van der Waals surface area (Å²) in [5.74, 6) is 0. The molecule has 1 N–H and O–H groups in total. The number of hydrogen-bond acceptors (Lipinski definition) is 1. The Morgan fingerprint density at radius 3 is 1.90 bits per heavy atom. The van der Waals surface area contributed by atoms with Gasteiger partial charge in [-0.25, -0.2) is 0 Å². The smallest absolute Gasteiger partial charge is 0.0540 e. The molecule has 0 unspecified atom stereocenters. The molecule has 1 saturated carbocycles. The van der Waals surface area contributed by atoms with E-state index in [9.17, 15) is 0 Å².